The molecular formula is C14H22Cl2N2. The summed E-state index contributed by atoms with van der Waals surface area (Å²) in [5, 5.41) is 6.47. The molecule has 1 aromatic carbocycles. The highest BCUT2D eigenvalue weighted by Gasteiger charge is 2.09. The number of anilines is 1. The van der Waals surface area contributed by atoms with Gasteiger partial charge in [0.05, 0.1) is 10.7 Å². The molecule has 0 aliphatic carbocycles. The SMILES string of the molecule is C=NN(C(=C)C)c1ccc(Cl)cc1Cl.CC.CC. The van der Waals surface area contributed by atoms with Crippen LogP contribution >= 0.6 is 23.2 Å². The lowest BCUT2D eigenvalue weighted by atomic mass is 10.3. The molecule has 0 saturated carbocycles. The average molecular weight is 289 g/mol. The molecule has 0 spiro atoms. The molecule has 0 aromatic heterocycles. The summed E-state index contributed by atoms with van der Waals surface area (Å²) in [6.07, 6.45) is 0. The summed E-state index contributed by atoms with van der Waals surface area (Å²) in [7, 11) is 0. The van der Waals surface area contributed by atoms with Crippen LogP contribution in [0, 0.1) is 0 Å². The molecule has 0 bridgehead atoms. The van der Waals surface area contributed by atoms with Crippen LogP contribution in [0.2, 0.25) is 10.0 Å². The van der Waals surface area contributed by atoms with E-state index in [1.807, 2.05) is 34.6 Å². The highest BCUT2D eigenvalue weighted by molar-refractivity contribution is 6.36. The first-order chi connectivity index (χ1) is 8.56. The molecule has 0 radical (unpaired) electrons. The van der Waals surface area contributed by atoms with Gasteiger partial charge in [-0.25, -0.2) is 5.01 Å². The fourth-order valence-electron chi connectivity index (χ4n) is 1.06. The highest BCUT2D eigenvalue weighted by atomic mass is 35.5. The van der Waals surface area contributed by atoms with Crippen molar-refractivity contribution in [2.75, 3.05) is 5.01 Å². The van der Waals surface area contributed by atoms with Crippen molar-refractivity contribution in [1.82, 2.24) is 0 Å². The van der Waals surface area contributed by atoms with Crippen molar-refractivity contribution in [3.8, 4) is 0 Å². The van der Waals surface area contributed by atoms with Gasteiger partial charge >= 0.3 is 0 Å². The standard InChI is InChI=1S/C10H10Cl2N2.2C2H6/c1-7(2)14(13-3)10-5-4-8(11)6-9(10)12;2*1-2/h4-6H,1,3H2,2H3;2*1-2H3. The van der Waals surface area contributed by atoms with E-state index in [2.05, 4.69) is 18.4 Å². The van der Waals surface area contributed by atoms with Gasteiger partial charge in [-0.3, -0.25) is 0 Å². The minimum Gasteiger partial charge on any atom is -0.238 e. The Hall–Kier alpha value is -0.990. The van der Waals surface area contributed by atoms with Crippen LogP contribution in [0.4, 0.5) is 5.69 Å². The van der Waals surface area contributed by atoms with Gasteiger partial charge < -0.3 is 0 Å². The van der Waals surface area contributed by atoms with Crippen molar-refractivity contribution in [3.63, 3.8) is 0 Å². The molecule has 0 aliphatic heterocycles. The Morgan fingerprint density at radius 2 is 1.67 bits per heavy atom. The third-order valence-electron chi connectivity index (χ3n) is 1.64. The van der Waals surface area contributed by atoms with Crippen LogP contribution in [0.1, 0.15) is 34.6 Å². The molecule has 0 saturated heterocycles. The van der Waals surface area contributed by atoms with Crippen molar-refractivity contribution in [2.24, 2.45) is 5.10 Å². The van der Waals surface area contributed by atoms with Crippen LogP contribution in [0.5, 0.6) is 0 Å². The van der Waals surface area contributed by atoms with E-state index in [0.29, 0.717) is 10.0 Å². The summed E-state index contributed by atoms with van der Waals surface area (Å²) in [4.78, 5) is 0. The molecule has 102 valence electrons. The Labute approximate surface area is 121 Å². The lowest BCUT2D eigenvalue weighted by molar-refractivity contribution is 1.01. The summed E-state index contributed by atoms with van der Waals surface area (Å²) < 4.78 is 0. The zero-order valence-electron chi connectivity index (χ0n) is 11.8. The van der Waals surface area contributed by atoms with Gasteiger partial charge in [-0.2, -0.15) is 5.10 Å². The Bertz CT molecular complexity index is 376. The Kier molecular flexibility index (Phi) is 12.0. The molecule has 0 heterocycles. The maximum Gasteiger partial charge on any atom is 0.0835 e. The quantitative estimate of drug-likeness (QED) is 0.492. The van der Waals surface area contributed by atoms with Crippen LogP contribution in [0.25, 0.3) is 0 Å². The van der Waals surface area contributed by atoms with Crippen molar-refractivity contribution in [3.05, 3.63) is 40.5 Å². The van der Waals surface area contributed by atoms with Crippen LogP contribution in [0.3, 0.4) is 0 Å². The topological polar surface area (TPSA) is 15.6 Å². The normalized spacial score (nSPS) is 8.17. The van der Waals surface area contributed by atoms with Crippen LogP contribution in [0.15, 0.2) is 35.6 Å². The summed E-state index contributed by atoms with van der Waals surface area (Å²) in [6.45, 7) is 17.0. The molecule has 4 heteroatoms. The summed E-state index contributed by atoms with van der Waals surface area (Å²) >= 11 is 11.8. The first kappa shape index (κ1) is 19.4. The fourth-order valence-corrected chi connectivity index (χ4v) is 1.54. The number of benzene rings is 1. The third kappa shape index (κ3) is 6.08. The van der Waals surface area contributed by atoms with Crippen LogP contribution in [-0.2, 0) is 0 Å². The van der Waals surface area contributed by atoms with E-state index in [1.165, 1.54) is 0 Å². The number of hydrogen-bond acceptors (Lipinski definition) is 2. The van der Waals surface area contributed by atoms with Crippen LogP contribution in [-0.4, -0.2) is 6.72 Å². The van der Waals surface area contributed by atoms with Gasteiger partial charge in [0, 0.05) is 17.4 Å². The second kappa shape index (κ2) is 11.1. The Morgan fingerprint density at radius 1 is 1.17 bits per heavy atom. The number of rotatable bonds is 3. The van der Waals surface area contributed by atoms with E-state index in [9.17, 15) is 0 Å². The van der Waals surface area contributed by atoms with Crippen molar-refractivity contribution in [2.45, 2.75) is 34.6 Å². The lowest BCUT2D eigenvalue weighted by Gasteiger charge is -2.19. The smallest absolute Gasteiger partial charge is 0.0835 e. The number of hydrazone groups is 1. The molecule has 1 rings (SSSR count). The molecule has 0 unspecified atom stereocenters. The molecule has 0 atom stereocenters. The van der Waals surface area contributed by atoms with E-state index in [4.69, 9.17) is 23.2 Å². The summed E-state index contributed by atoms with van der Waals surface area (Å²) in [5.41, 5.74) is 1.46. The maximum atomic E-state index is 5.99. The molecule has 18 heavy (non-hydrogen) atoms. The minimum absolute atomic E-state index is 0.521. The van der Waals surface area contributed by atoms with Crippen molar-refractivity contribution >= 4 is 35.6 Å². The third-order valence-corrected chi connectivity index (χ3v) is 2.18. The highest BCUT2D eigenvalue weighted by Crippen LogP contribution is 2.30. The fraction of sp³-hybridized carbons (Fsp3) is 0.357. The minimum atomic E-state index is 0.521. The van der Waals surface area contributed by atoms with Gasteiger partial charge in [0.15, 0.2) is 0 Å². The second-order valence-corrected chi connectivity index (χ2v) is 3.63. The Balaban J connectivity index is 0. The lowest BCUT2D eigenvalue weighted by Crippen LogP contribution is -2.11. The van der Waals surface area contributed by atoms with Gasteiger partial charge in [0.1, 0.15) is 0 Å². The Morgan fingerprint density at radius 3 is 2.00 bits per heavy atom. The zero-order chi connectivity index (χ0) is 14.7. The van der Waals surface area contributed by atoms with E-state index < -0.39 is 0 Å². The van der Waals surface area contributed by atoms with Gasteiger partial charge in [0.25, 0.3) is 0 Å². The monoisotopic (exact) mass is 288 g/mol. The molecular weight excluding hydrogens is 267 g/mol. The molecule has 0 amide bonds. The molecule has 1 aromatic rings. The largest absolute Gasteiger partial charge is 0.238 e. The predicted octanol–water partition coefficient (Wildman–Crippen LogP) is 6.00. The van der Waals surface area contributed by atoms with Crippen molar-refractivity contribution < 1.29 is 0 Å². The molecule has 2 nitrogen and oxygen atoms in total. The van der Waals surface area contributed by atoms with E-state index >= 15 is 0 Å². The summed E-state index contributed by atoms with van der Waals surface area (Å²) in [5.74, 6) is 0. The first-order valence-corrected chi connectivity index (χ1v) is 6.69. The van der Waals surface area contributed by atoms with Crippen molar-refractivity contribution in [1.29, 1.82) is 0 Å². The van der Waals surface area contributed by atoms with Gasteiger partial charge in [-0.1, -0.05) is 57.5 Å². The second-order valence-electron chi connectivity index (χ2n) is 2.78. The molecule has 0 N–H and O–H groups in total. The first-order valence-electron chi connectivity index (χ1n) is 5.93. The van der Waals surface area contributed by atoms with E-state index in [0.717, 1.165) is 11.4 Å². The predicted molar refractivity (Wildman–Crippen MR) is 86.0 cm³/mol. The maximum absolute atomic E-state index is 5.99. The van der Waals surface area contributed by atoms with Crippen LogP contribution < -0.4 is 5.01 Å². The number of allylic oxidation sites excluding steroid dienone is 1. The zero-order valence-corrected chi connectivity index (χ0v) is 13.3. The number of halogens is 2. The molecule has 0 aliphatic rings. The number of hydrogen-bond donors (Lipinski definition) is 0. The van der Waals surface area contributed by atoms with E-state index in [1.54, 1.807) is 23.2 Å². The van der Waals surface area contributed by atoms with E-state index in [-0.39, 0.29) is 0 Å². The number of nitrogens with zero attached hydrogens (tertiary/aromatic N) is 2. The van der Waals surface area contributed by atoms with Gasteiger partial charge in [-0.15, -0.1) is 0 Å². The van der Waals surface area contributed by atoms with Gasteiger partial charge in [-0.05, 0) is 25.1 Å². The summed E-state index contributed by atoms with van der Waals surface area (Å²) in [6, 6.07) is 5.16. The van der Waals surface area contributed by atoms with Gasteiger partial charge in [0.2, 0.25) is 0 Å². The average Bonchev–Trinajstić information content (AvgIpc) is 2.37. The molecule has 0 fully saturated rings.